The molecule has 1 aromatic rings. The maximum absolute atomic E-state index is 11.6. The van der Waals surface area contributed by atoms with Gasteiger partial charge in [0.15, 0.2) is 0 Å². The summed E-state index contributed by atoms with van der Waals surface area (Å²) in [5.41, 5.74) is 1.84. The summed E-state index contributed by atoms with van der Waals surface area (Å²) in [6, 6.07) is 8.18. The van der Waals surface area contributed by atoms with E-state index in [1.165, 1.54) is 5.56 Å². The number of hydrogen-bond donors (Lipinski definition) is 2. The SMILES string of the molecule is Cc1ccc(CCC(=O)NC(C)(C)CO)cc1. The van der Waals surface area contributed by atoms with Crippen LogP contribution in [-0.2, 0) is 11.2 Å². The summed E-state index contributed by atoms with van der Waals surface area (Å²) in [4.78, 5) is 11.6. The van der Waals surface area contributed by atoms with E-state index in [2.05, 4.69) is 5.32 Å². The van der Waals surface area contributed by atoms with Gasteiger partial charge < -0.3 is 10.4 Å². The highest BCUT2D eigenvalue weighted by molar-refractivity contribution is 5.77. The number of carbonyl (C=O) groups is 1. The lowest BCUT2D eigenvalue weighted by molar-refractivity contribution is -0.123. The topological polar surface area (TPSA) is 49.3 Å². The van der Waals surface area contributed by atoms with Crippen molar-refractivity contribution < 1.29 is 9.90 Å². The number of nitrogens with one attached hydrogen (secondary N) is 1. The normalized spacial score (nSPS) is 11.3. The fourth-order valence-electron chi connectivity index (χ4n) is 1.49. The van der Waals surface area contributed by atoms with Gasteiger partial charge in [-0.25, -0.2) is 0 Å². The van der Waals surface area contributed by atoms with Gasteiger partial charge in [0.2, 0.25) is 5.91 Å². The molecule has 0 atom stereocenters. The maximum atomic E-state index is 11.6. The van der Waals surface area contributed by atoms with Crippen LogP contribution in [0.1, 0.15) is 31.4 Å². The van der Waals surface area contributed by atoms with Crippen LogP contribution in [0, 0.1) is 6.92 Å². The minimum atomic E-state index is -0.537. The van der Waals surface area contributed by atoms with Gasteiger partial charge in [0, 0.05) is 6.42 Å². The molecule has 0 heterocycles. The third-order valence-corrected chi connectivity index (χ3v) is 2.63. The lowest BCUT2D eigenvalue weighted by Gasteiger charge is -2.23. The molecule has 0 saturated carbocycles. The van der Waals surface area contributed by atoms with E-state index in [4.69, 9.17) is 5.11 Å². The van der Waals surface area contributed by atoms with E-state index in [1.54, 1.807) is 13.8 Å². The smallest absolute Gasteiger partial charge is 0.220 e. The zero-order valence-corrected chi connectivity index (χ0v) is 10.8. The second-order valence-corrected chi connectivity index (χ2v) is 5.08. The zero-order chi connectivity index (χ0) is 12.9. The first kappa shape index (κ1) is 13.7. The molecule has 3 heteroatoms. The van der Waals surface area contributed by atoms with Crippen molar-refractivity contribution in [1.82, 2.24) is 5.32 Å². The van der Waals surface area contributed by atoms with E-state index >= 15 is 0 Å². The molecule has 0 aliphatic rings. The molecule has 3 nitrogen and oxygen atoms in total. The number of carbonyl (C=O) groups excluding carboxylic acids is 1. The molecule has 94 valence electrons. The van der Waals surface area contributed by atoms with Crippen molar-refractivity contribution in [3.63, 3.8) is 0 Å². The Labute approximate surface area is 103 Å². The van der Waals surface area contributed by atoms with Gasteiger partial charge in [-0.2, -0.15) is 0 Å². The molecule has 2 N–H and O–H groups in total. The Morgan fingerprint density at radius 1 is 1.29 bits per heavy atom. The van der Waals surface area contributed by atoms with Crippen molar-refractivity contribution in [1.29, 1.82) is 0 Å². The molecule has 0 spiro atoms. The summed E-state index contributed by atoms with van der Waals surface area (Å²) in [6.07, 6.45) is 1.18. The highest BCUT2D eigenvalue weighted by atomic mass is 16.3. The first-order valence-electron chi connectivity index (χ1n) is 5.90. The molecule has 17 heavy (non-hydrogen) atoms. The van der Waals surface area contributed by atoms with Crippen molar-refractivity contribution in [2.24, 2.45) is 0 Å². The van der Waals surface area contributed by atoms with E-state index < -0.39 is 5.54 Å². The summed E-state index contributed by atoms with van der Waals surface area (Å²) in [5, 5.41) is 11.8. The predicted molar refractivity (Wildman–Crippen MR) is 68.8 cm³/mol. The van der Waals surface area contributed by atoms with Gasteiger partial charge in [-0.05, 0) is 32.8 Å². The Morgan fingerprint density at radius 2 is 1.88 bits per heavy atom. The van der Waals surface area contributed by atoms with Crippen LogP contribution in [0.15, 0.2) is 24.3 Å². The number of rotatable bonds is 5. The first-order valence-corrected chi connectivity index (χ1v) is 5.90. The number of aliphatic hydroxyl groups is 1. The molecule has 0 radical (unpaired) electrons. The van der Waals surface area contributed by atoms with Crippen molar-refractivity contribution in [2.75, 3.05) is 6.61 Å². The molecule has 0 unspecified atom stereocenters. The number of aryl methyl sites for hydroxylation is 2. The Bertz CT molecular complexity index is 368. The Hall–Kier alpha value is -1.35. The number of benzene rings is 1. The molecule has 0 bridgehead atoms. The average Bonchev–Trinajstić information content (AvgIpc) is 2.28. The molecule has 0 fully saturated rings. The monoisotopic (exact) mass is 235 g/mol. The minimum Gasteiger partial charge on any atom is -0.394 e. The molecule has 0 aliphatic carbocycles. The lowest BCUT2D eigenvalue weighted by Crippen LogP contribution is -2.46. The average molecular weight is 235 g/mol. The maximum Gasteiger partial charge on any atom is 0.220 e. The van der Waals surface area contributed by atoms with Crippen molar-refractivity contribution in [3.05, 3.63) is 35.4 Å². The third-order valence-electron chi connectivity index (χ3n) is 2.63. The van der Waals surface area contributed by atoms with Crippen LogP contribution < -0.4 is 5.32 Å². The summed E-state index contributed by atoms with van der Waals surface area (Å²) >= 11 is 0. The fraction of sp³-hybridized carbons (Fsp3) is 0.500. The Morgan fingerprint density at radius 3 is 2.41 bits per heavy atom. The van der Waals surface area contributed by atoms with Gasteiger partial charge in [0.25, 0.3) is 0 Å². The van der Waals surface area contributed by atoms with Crippen LogP contribution in [0.5, 0.6) is 0 Å². The number of aliphatic hydroxyl groups excluding tert-OH is 1. The molecule has 0 aromatic heterocycles. The molecule has 0 saturated heterocycles. The van der Waals surface area contributed by atoms with E-state index in [9.17, 15) is 4.79 Å². The van der Waals surface area contributed by atoms with Crippen LogP contribution in [0.3, 0.4) is 0 Å². The molecule has 1 rings (SSSR count). The molecule has 1 aromatic carbocycles. The predicted octanol–water partition coefficient (Wildman–Crippen LogP) is 1.81. The van der Waals surface area contributed by atoms with Crippen LogP contribution >= 0.6 is 0 Å². The molecule has 0 aliphatic heterocycles. The number of amides is 1. The van der Waals surface area contributed by atoms with Crippen LogP contribution in [0.25, 0.3) is 0 Å². The largest absolute Gasteiger partial charge is 0.394 e. The van der Waals surface area contributed by atoms with Gasteiger partial charge in [-0.3, -0.25) is 4.79 Å². The summed E-state index contributed by atoms with van der Waals surface area (Å²) in [6.45, 7) is 5.59. The van der Waals surface area contributed by atoms with Crippen LogP contribution in [0.4, 0.5) is 0 Å². The van der Waals surface area contributed by atoms with Gasteiger partial charge in [-0.1, -0.05) is 29.8 Å². The van der Waals surface area contributed by atoms with Gasteiger partial charge in [0.05, 0.1) is 12.1 Å². The quantitative estimate of drug-likeness (QED) is 0.818. The summed E-state index contributed by atoms with van der Waals surface area (Å²) in [5.74, 6) is -0.0235. The van der Waals surface area contributed by atoms with Crippen molar-refractivity contribution >= 4 is 5.91 Å². The Kier molecular flexibility index (Phi) is 4.70. The fourth-order valence-corrected chi connectivity index (χ4v) is 1.49. The summed E-state index contributed by atoms with van der Waals surface area (Å²) < 4.78 is 0. The Balaban J connectivity index is 2.41. The van der Waals surface area contributed by atoms with Crippen molar-refractivity contribution in [2.45, 2.75) is 39.2 Å². The molecular formula is C14H21NO2. The summed E-state index contributed by atoms with van der Waals surface area (Å²) in [7, 11) is 0. The van der Waals surface area contributed by atoms with E-state index in [-0.39, 0.29) is 12.5 Å². The first-order chi connectivity index (χ1) is 7.93. The van der Waals surface area contributed by atoms with E-state index in [1.807, 2.05) is 31.2 Å². The highest BCUT2D eigenvalue weighted by Crippen LogP contribution is 2.07. The van der Waals surface area contributed by atoms with Crippen molar-refractivity contribution in [3.8, 4) is 0 Å². The second-order valence-electron chi connectivity index (χ2n) is 5.08. The lowest BCUT2D eigenvalue weighted by atomic mass is 10.0. The number of hydrogen-bond acceptors (Lipinski definition) is 2. The third kappa shape index (κ3) is 5.00. The van der Waals surface area contributed by atoms with Gasteiger partial charge in [-0.15, -0.1) is 0 Å². The molecule has 1 amide bonds. The highest BCUT2D eigenvalue weighted by Gasteiger charge is 2.18. The van der Waals surface area contributed by atoms with Gasteiger partial charge >= 0.3 is 0 Å². The van der Waals surface area contributed by atoms with Crippen LogP contribution in [-0.4, -0.2) is 23.2 Å². The van der Waals surface area contributed by atoms with E-state index in [0.717, 1.165) is 12.0 Å². The zero-order valence-electron chi connectivity index (χ0n) is 10.8. The van der Waals surface area contributed by atoms with Crippen LogP contribution in [0.2, 0.25) is 0 Å². The van der Waals surface area contributed by atoms with E-state index in [0.29, 0.717) is 6.42 Å². The minimum absolute atomic E-state index is 0.0235. The molecular weight excluding hydrogens is 214 g/mol. The second kappa shape index (κ2) is 5.82. The van der Waals surface area contributed by atoms with Gasteiger partial charge in [0.1, 0.15) is 0 Å². The standard InChI is InChI=1S/C14H21NO2/c1-11-4-6-12(7-5-11)8-9-13(17)15-14(2,3)10-16/h4-7,16H,8-10H2,1-3H3,(H,15,17).